The smallest absolute Gasteiger partial charge is 0.264 e. The summed E-state index contributed by atoms with van der Waals surface area (Å²) in [6.07, 6.45) is 0.173. The Kier molecular flexibility index (Phi) is 11.8. The van der Waals surface area contributed by atoms with Gasteiger partial charge in [0, 0.05) is 18.5 Å². The number of hydrogen-bond acceptors (Lipinski definition) is 6. The first-order valence-electron chi connectivity index (χ1n) is 15.6. The van der Waals surface area contributed by atoms with Gasteiger partial charge in [0.1, 0.15) is 29.9 Å². The molecule has 9 nitrogen and oxygen atoms in total. The van der Waals surface area contributed by atoms with Crippen LogP contribution in [0.5, 0.6) is 11.5 Å². The molecule has 4 rings (SSSR count). The number of amides is 2. The van der Waals surface area contributed by atoms with Gasteiger partial charge in [-0.2, -0.15) is 0 Å². The second kappa shape index (κ2) is 15.8. The zero-order valence-electron chi connectivity index (χ0n) is 27.9. The highest BCUT2D eigenvalue weighted by atomic mass is 32.2. The third-order valence-electron chi connectivity index (χ3n) is 7.37. The number of halogens is 1. The number of benzene rings is 4. The molecule has 2 amide bonds. The maximum atomic E-state index is 14.6. The number of rotatable bonds is 14. The van der Waals surface area contributed by atoms with Crippen molar-refractivity contribution in [2.45, 2.75) is 57.1 Å². The molecule has 0 spiro atoms. The van der Waals surface area contributed by atoms with Crippen LogP contribution in [0.3, 0.4) is 0 Å². The number of nitrogens with zero attached hydrogens (tertiary/aromatic N) is 2. The first kappa shape index (κ1) is 35.9. The standard InChI is InChI=1S/C37H42FN3O6S/c1-6-47-31-19-17-30(18-20-31)41(48(44,45)33-21-15-29(38)16-22-33)26-35(42)40(25-28-13-10-14-32(23-28)46-5)34(36(43)39-37(2,3)4)24-27-11-8-7-9-12-27/h7-23,34H,6,24-26H2,1-5H3,(H,39,43)/t34-/m0/s1. The van der Waals surface area contributed by atoms with Crippen LogP contribution in [0.25, 0.3) is 0 Å². The summed E-state index contributed by atoms with van der Waals surface area (Å²) in [6.45, 7) is 7.12. The van der Waals surface area contributed by atoms with E-state index in [0.29, 0.717) is 23.7 Å². The van der Waals surface area contributed by atoms with Crippen molar-refractivity contribution < 1.29 is 31.9 Å². The summed E-state index contributed by atoms with van der Waals surface area (Å²) in [4.78, 5) is 29.8. The summed E-state index contributed by atoms with van der Waals surface area (Å²) in [5, 5.41) is 3.01. The normalized spacial score (nSPS) is 12.1. The molecule has 0 aliphatic heterocycles. The minimum atomic E-state index is -4.38. The van der Waals surface area contributed by atoms with E-state index in [9.17, 15) is 22.4 Å². The maximum Gasteiger partial charge on any atom is 0.264 e. The van der Waals surface area contributed by atoms with Crippen molar-refractivity contribution in [2.24, 2.45) is 0 Å². The Labute approximate surface area is 282 Å². The van der Waals surface area contributed by atoms with Gasteiger partial charge in [0.25, 0.3) is 10.0 Å². The minimum absolute atomic E-state index is 0.0151. The van der Waals surface area contributed by atoms with Crippen molar-refractivity contribution in [3.63, 3.8) is 0 Å². The molecule has 11 heteroatoms. The zero-order valence-corrected chi connectivity index (χ0v) is 28.7. The Balaban J connectivity index is 1.83. The predicted octanol–water partition coefficient (Wildman–Crippen LogP) is 5.98. The molecule has 0 saturated carbocycles. The first-order valence-corrected chi connectivity index (χ1v) is 17.0. The fraction of sp³-hybridized carbons (Fsp3) is 0.297. The van der Waals surface area contributed by atoms with E-state index < -0.39 is 45.8 Å². The highest BCUT2D eigenvalue weighted by Gasteiger charge is 2.35. The van der Waals surface area contributed by atoms with Crippen molar-refractivity contribution in [1.82, 2.24) is 10.2 Å². The van der Waals surface area contributed by atoms with Gasteiger partial charge in [-0.15, -0.1) is 0 Å². The number of carbonyl (C=O) groups is 2. The van der Waals surface area contributed by atoms with Gasteiger partial charge < -0.3 is 19.7 Å². The number of nitrogens with one attached hydrogen (secondary N) is 1. The van der Waals surface area contributed by atoms with E-state index in [4.69, 9.17) is 9.47 Å². The summed E-state index contributed by atoms with van der Waals surface area (Å²) in [5.41, 5.74) is 1.07. The average molecular weight is 676 g/mol. The Bertz CT molecular complexity index is 1780. The van der Waals surface area contributed by atoms with Crippen molar-refractivity contribution in [2.75, 3.05) is 24.6 Å². The quantitative estimate of drug-likeness (QED) is 0.176. The lowest BCUT2D eigenvalue weighted by Crippen LogP contribution is -2.56. The van der Waals surface area contributed by atoms with Crippen molar-refractivity contribution >= 4 is 27.5 Å². The highest BCUT2D eigenvalue weighted by molar-refractivity contribution is 7.92. The molecule has 0 aliphatic carbocycles. The second-order valence-electron chi connectivity index (χ2n) is 12.2. The molecule has 0 bridgehead atoms. The maximum absolute atomic E-state index is 14.6. The number of anilines is 1. The zero-order chi connectivity index (χ0) is 34.9. The Morgan fingerprint density at radius 3 is 2.10 bits per heavy atom. The SMILES string of the molecule is CCOc1ccc(N(CC(=O)N(Cc2cccc(OC)c2)[C@@H](Cc2ccccc2)C(=O)NC(C)(C)C)S(=O)(=O)c2ccc(F)cc2)cc1. The molecule has 0 radical (unpaired) electrons. The molecule has 0 aromatic heterocycles. The number of carbonyl (C=O) groups excluding carboxylic acids is 2. The van der Waals surface area contributed by atoms with E-state index in [2.05, 4.69) is 5.32 Å². The monoisotopic (exact) mass is 675 g/mol. The van der Waals surface area contributed by atoms with Gasteiger partial charge in [-0.05, 0) is 99.5 Å². The Morgan fingerprint density at radius 2 is 1.50 bits per heavy atom. The van der Waals surface area contributed by atoms with Gasteiger partial charge in [-0.25, -0.2) is 12.8 Å². The number of sulfonamides is 1. The van der Waals surface area contributed by atoms with E-state index in [0.717, 1.165) is 34.1 Å². The van der Waals surface area contributed by atoms with Crippen LogP contribution in [0.2, 0.25) is 0 Å². The van der Waals surface area contributed by atoms with Crippen LogP contribution < -0.4 is 19.1 Å². The van der Waals surface area contributed by atoms with E-state index in [1.807, 2.05) is 64.1 Å². The van der Waals surface area contributed by atoms with E-state index in [-0.39, 0.29) is 23.5 Å². The van der Waals surface area contributed by atoms with Crippen molar-refractivity contribution in [3.8, 4) is 11.5 Å². The lowest BCUT2D eigenvalue weighted by Gasteiger charge is -2.35. The van der Waals surface area contributed by atoms with Crippen LogP contribution in [0.15, 0.2) is 108 Å². The lowest BCUT2D eigenvalue weighted by molar-refractivity contribution is -0.140. The van der Waals surface area contributed by atoms with Gasteiger partial charge in [-0.1, -0.05) is 42.5 Å². The molecule has 0 unspecified atom stereocenters. The summed E-state index contributed by atoms with van der Waals surface area (Å²) < 4.78 is 54.0. The molecular weight excluding hydrogens is 633 g/mol. The third kappa shape index (κ3) is 9.57. The molecule has 0 aliphatic rings. The van der Waals surface area contributed by atoms with Crippen LogP contribution in [0.1, 0.15) is 38.8 Å². The summed E-state index contributed by atoms with van der Waals surface area (Å²) in [7, 11) is -2.85. The molecule has 254 valence electrons. The Morgan fingerprint density at radius 1 is 0.854 bits per heavy atom. The Hall–Kier alpha value is -4.90. The summed E-state index contributed by atoms with van der Waals surface area (Å²) >= 11 is 0. The molecule has 0 fully saturated rings. The molecule has 0 saturated heterocycles. The fourth-order valence-electron chi connectivity index (χ4n) is 5.11. The fourth-order valence-corrected chi connectivity index (χ4v) is 6.53. The molecule has 48 heavy (non-hydrogen) atoms. The third-order valence-corrected chi connectivity index (χ3v) is 9.16. The van der Waals surface area contributed by atoms with Crippen molar-refractivity contribution in [3.05, 3.63) is 120 Å². The second-order valence-corrected chi connectivity index (χ2v) is 14.1. The topological polar surface area (TPSA) is 105 Å². The molecule has 4 aromatic carbocycles. The van der Waals surface area contributed by atoms with E-state index in [1.165, 1.54) is 12.0 Å². The lowest BCUT2D eigenvalue weighted by atomic mass is 10.0. The van der Waals surface area contributed by atoms with Crippen LogP contribution >= 0.6 is 0 Å². The molecule has 1 atom stereocenters. The van der Waals surface area contributed by atoms with Crippen LogP contribution in [0.4, 0.5) is 10.1 Å². The molecule has 1 N–H and O–H groups in total. The average Bonchev–Trinajstić information content (AvgIpc) is 3.05. The van der Waals surface area contributed by atoms with Gasteiger partial charge in [0.2, 0.25) is 11.8 Å². The van der Waals surface area contributed by atoms with Gasteiger partial charge >= 0.3 is 0 Å². The number of methoxy groups -OCH3 is 1. The highest BCUT2D eigenvalue weighted by Crippen LogP contribution is 2.27. The molecular formula is C37H42FN3O6S. The van der Waals surface area contributed by atoms with E-state index in [1.54, 1.807) is 42.5 Å². The molecule has 0 heterocycles. The summed E-state index contributed by atoms with van der Waals surface area (Å²) in [6, 6.07) is 26.1. The van der Waals surface area contributed by atoms with Crippen LogP contribution in [-0.4, -0.2) is 57.0 Å². The minimum Gasteiger partial charge on any atom is -0.497 e. The van der Waals surface area contributed by atoms with Crippen LogP contribution in [-0.2, 0) is 32.6 Å². The predicted molar refractivity (Wildman–Crippen MR) is 184 cm³/mol. The first-order chi connectivity index (χ1) is 22.8. The molecule has 4 aromatic rings. The van der Waals surface area contributed by atoms with E-state index >= 15 is 0 Å². The number of ether oxygens (including phenoxy) is 2. The summed E-state index contributed by atoms with van der Waals surface area (Å²) in [5.74, 6) is -0.531. The van der Waals surface area contributed by atoms with Crippen molar-refractivity contribution in [1.29, 1.82) is 0 Å². The van der Waals surface area contributed by atoms with Gasteiger partial charge in [0.05, 0.1) is 24.3 Å². The van der Waals surface area contributed by atoms with Crippen LogP contribution in [0, 0.1) is 5.82 Å². The number of hydrogen-bond donors (Lipinski definition) is 1. The van der Waals surface area contributed by atoms with Gasteiger partial charge in [-0.3, -0.25) is 13.9 Å². The largest absolute Gasteiger partial charge is 0.497 e. The van der Waals surface area contributed by atoms with Gasteiger partial charge in [0.15, 0.2) is 0 Å².